The second-order valence-corrected chi connectivity index (χ2v) is 5.28. The maximum Gasteiger partial charge on any atom is 0.175 e. The molecule has 2 aromatic carbocycles. The molecule has 0 radical (unpaired) electrons. The molecule has 2 rings (SSSR count). The fourth-order valence-electron chi connectivity index (χ4n) is 1.95. The predicted molar refractivity (Wildman–Crippen MR) is 91.4 cm³/mol. The maximum atomic E-state index is 5.30. The summed E-state index contributed by atoms with van der Waals surface area (Å²) in [5.74, 6) is 0.596. The Labute approximate surface area is 126 Å². The molecule has 0 amide bonds. The first kappa shape index (κ1) is 14.5. The summed E-state index contributed by atoms with van der Waals surface area (Å²) in [4.78, 5) is 0. The standard InChI is InChI=1S/C17H20N2S/c1-3-13(2)14-9-11-16(12-10-14)19-17(20)18-15-7-5-4-6-8-15/h4-13H,3H2,1-2H3,(H2,18,19,20)/t13-/m1/s1. The van der Waals surface area contributed by atoms with E-state index in [-0.39, 0.29) is 0 Å². The number of nitrogens with one attached hydrogen (secondary N) is 2. The molecular weight excluding hydrogens is 264 g/mol. The van der Waals surface area contributed by atoms with Gasteiger partial charge in [0.15, 0.2) is 5.11 Å². The van der Waals surface area contributed by atoms with Gasteiger partial charge in [-0.05, 0) is 54.4 Å². The van der Waals surface area contributed by atoms with Crippen LogP contribution in [-0.4, -0.2) is 5.11 Å². The fraction of sp³-hybridized carbons (Fsp3) is 0.235. The Balaban J connectivity index is 1.94. The molecule has 0 spiro atoms. The number of thiocarbonyl (C=S) groups is 1. The first-order valence-corrected chi connectivity index (χ1v) is 7.33. The van der Waals surface area contributed by atoms with E-state index in [0.29, 0.717) is 11.0 Å². The van der Waals surface area contributed by atoms with E-state index >= 15 is 0 Å². The van der Waals surface area contributed by atoms with Crippen molar-refractivity contribution in [3.8, 4) is 0 Å². The van der Waals surface area contributed by atoms with Crippen LogP contribution in [0.15, 0.2) is 54.6 Å². The third kappa shape index (κ3) is 4.07. The van der Waals surface area contributed by atoms with E-state index in [1.54, 1.807) is 0 Å². The van der Waals surface area contributed by atoms with Gasteiger partial charge in [-0.3, -0.25) is 0 Å². The summed E-state index contributed by atoms with van der Waals surface area (Å²) in [6.45, 7) is 4.44. The van der Waals surface area contributed by atoms with E-state index in [9.17, 15) is 0 Å². The molecule has 0 aliphatic carbocycles. The highest BCUT2D eigenvalue weighted by molar-refractivity contribution is 7.80. The van der Waals surface area contributed by atoms with Gasteiger partial charge >= 0.3 is 0 Å². The Morgan fingerprint density at radius 2 is 1.50 bits per heavy atom. The first-order valence-electron chi connectivity index (χ1n) is 6.92. The SMILES string of the molecule is CC[C@@H](C)c1ccc(NC(=S)Nc2ccccc2)cc1. The highest BCUT2D eigenvalue weighted by atomic mass is 32.1. The lowest BCUT2D eigenvalue weighted by Gasteiger charge is -2.12. The zero-order valence-electron chi connectivity index (χ0n) is 11.9. The van der Waals surface area contributed by atoms with Crippen LogP contribution in [0.2, 0.25) is 0 Å². The van der Waals surface area contributed by atoms with Crippen molar-refractivity contribution in [3.63, 3.8) is 0 Å². The van der Waals surface area contributed by atoms with E-state index in [2.05, 4.69) is 48.7 Å². The van der Waals surface area contributed by atoms with Crippen molar-refractivity contribution in [2.24, 2.45) is 0 Å². The van der Waals surface area contributed by atoms with Crippen LogP contribution in [0.25, 0.3) is 0 Å². The van der Waals surface area contributed by atoms with Gasteiger partial charge in [0, 0.05) is 11.4 Å². The molecule has 2 nitrogen and oxygen atoms in total. The van der Waals surface area contributed by atoms with Gasteiger partial charge in [0.2, 0.25) is 0 Å². The van der Waals surface area contributed by atoms with Crippen molar-refractivity contribution in [3.05, 3.63) is 60.2 Å². The summed E-state index contributed by atoms with van der Waals surface area (Å²) >= 11 is 5.30. The van der Waals surface area contributed by atoms with E-state index < -0.39 is 0 Å². The van der Waals surface area contributed by atoms with Gasteiger partial charge in [0.25, 0.3) is 0 Å². The molecule has 0 saturated carbocycles. The average molecular weight is 284 g/mol. The van der Waals surface area contributed by atoms with Crippen molar-refractivity contribution in [1.82, 2.24) is 0 Å². The number of para-hydroxylation sites is 1. The van der Waals surface area contributed by atoms with Crippen LogP contribution in [0.1, 0.15) is 31.7 Å². The van der Waals surface area contributed by atoms with Crippen LogP contribution in [0.4, 0.5) is 11.4 Å². The molecule has 0 aromatic heterocycles. The van der Waals surface area contributed by atoms with Gasteiger partial charge in [-0.2, -0.15) is 0 Å². The highest BCUT2D eigenvalue weighted by Gasteiger charge is 2.03. The van der Waals surface area contributed by atoms with E-state index in [1.807, 2.05) is 30.3 Å². The Morgan fingerprint density at radius 3 is 2.05 bits per heavy atom. The third-order valence-corrected chi connectivity index (χ3v) is 3.59. The number of benzene rings is 2. The second-order valence-electron chi connectivity index (χ2n) is 4.88. The second kappa shape index (κ2) is 7.06. The summed E-state index contributed by atoms with van der Waals surface area (Å²) in [6.07, 6.45) is 1.15. The minimum absolute atomic E-state index is 0.596. The van der Waals surface area contributed by atoms with Crippen molar-refractivity contribution in [1.29, 1.82) is 0 Å². The van der Waals surface area contributed by atoms with Gasteiger partial charge in [-0.1, -0.05) is 44.2 Å². The number of hydrogen-bond acceptors (Lipinski definition) is 1. The monoisotopic (exact) mass is 284 g/mol. The molecule has 2 aromatic rings. The third-order valence-electron chi connectivity index (χ3n) is 3.38. The fourth-order valence-corrected chi connectivity index (χ4v) is 2.18. The summed E-state index contributed by atoms with van der Waals surface area (Å²) < 4.78 is 0. The largest absolute Gasteiger partial charge is 0.332 e. The Bertz CT molecular complexity index is 549. The van der Waals surface area contributed by atoms with Crippen LogP contribution in [0.5, 0.6) is 0 Å². The van der Waals surface area contributed by atoms with Crippen molar-refractivity contribution in [2.75, 3.05) is 10.6 Å². The molecule has 0 saturated heterocycles. The lowest BCUT2D eigenvalue weighted by Crippen LogP contribution is -2.18. The van der Waals surface area contributed by atoms with E-state index in [0.717, 1.165) is 17.8 Å². The molecule has 0 unspecified atom stereocenters. The maximum absolute atomic E-state index is 5.30. The van der Waals surface area contributed by atoms with Crippen LogP contribution in [-0.2, 0) is 0 Å². The Morgan fingerprint density at radius 1 is 0.950 bits per heavy atom. The highest BCUT2D eigenvalue weighted by Crippen LogP contribution is 2.20. The molecule has 0 heterocycles. The molecule has 2 N–H and O–H groups in total. The molecule has 0 aliphatic rings. The lowest BCUT2D eigenvalue weighted by atomic mass is 9.99. The van der Waals surface area contributed by atoms with Gasteiger partial charge in [0.1, 0.15) is 0 Å². The first-order chi connectivity index (χ1) is 9.69. The van der Waals surface area contributed by atoms with Crippen molar-refractivity contribution >= 4 is 28.7 Å². The van der Waals surface area contributed by atoms with Crippen LogP contribution >= 0.6 is 12.2 Å². The predicted octanol–water partition coefficient (Wildman–Crippen LogP) is 5.01. The van der Waals surface area contributed by atoms with Gasteiger partial charge in [-0.25, -0.2) is 0 Å². The zero-order chi connectivity index (χ0) is 14.4. The minimum atomic E-state index is 0.596. The Kier molecular flexibility index (Phi) is 5.13. The molecular formula is C17H20N2S. The Hall–Kier alpha value is -1.87. The van der Waals surface area contributed by atoms with Crippen molar-refractivity contribution in [2.45, 2.75) is 26.2 Å². The minimum Gasteiger partial charge on any atom is -0.332 e. The summed E-state index contributed by atoms with van der Waals surface area (Å²) in [5, 5.41) is 6.96. The van der Waals surface area contributed by atoms with E-state index in [4.69, 9.17) is 12.2 Å². The number of anilines is 2. The molecule has 20 heavy (non-hydrogen) atoms. The molecule has 3 heteroatoms. The van der Waals surface area contributed by atoms with Crippen LogP contribution < -0.4 is 10.6 Å². The quantitative estimate of drug-likeness (QED) is 0.772. The molecule has 0 fully saturated rings. The lowest BCUT2D eigenvalue weighted by molar-refractivity contribution is 0.734. The summed E-state index contributed by atoms with van der Waals surface area (Å²) in [6, 6.07) is 18.4. The summed E-state index contributed by atoms with van der Waals surface area (Å²) in [7, 11) is 0. The van der Waals surface area contributed by atoms with Gasteiger partial charge in [0.05, 0.1) is 0 Å². The molecule has 0 bridgehead atoms. The molecule has 104 valence electrons. The van der Waals surface area contributed by atoms with Crippen LogP contribution in [0, 0.1) is 0 Å². The molecule has 1 atom stereocenters. The topological polar surface area (TPSA) is 24.1 Å². The average Bonchev–Trinajstić information content (AvgIpc) is 2.48. The normalized spacial score (nSPS) is 11.7. The van der Waals surface area contributed by atoms with Crippen LogP contribution in [0.3, 0.4) is 0 Å². The smallest absolute Gasteiger partial charge is 0.175 e. The number of rotatable bonds is 4. The molecule has 0 aliphatic heterocycles. The van der Waals surface area contributed by atoms with Gasteiger partial charge in [-0.15, -0.1) is 0 Å². The number of hydrogen-bond donors (Lipinski definition) is 2. The van der Waals surface area contributed by atoms with E-state index in [1.165, 1.54) is 5.56 Å². The summed E-state index contributed by atoms with van der Waals surface area (Å²) in [5.41, 5.74) is 3.35. The van der Waals surface area contributed by atoms with Crippen molar-refractivity contribution < 1.29 is 0 Å². The zero-order valence-corrected chi connectivity index (χ0v) is 12.7. The van der Waals surface area contributed by atoms with Gasteiger partial charge < -0.3 is 10.6 Å².